The van der Waals surface area contributed by atoms with E-state index in [1.165, 1.54) is 0 Å². The summed E-state index contributed by atoms with van der Waals surface area (Å²) < 4.78 is 0. The number of hydrazone groups is 1. The fraction of sp³-hybridized carbons (Fsp3) is 0.385. The first-order valence-corrected chi connectivity index (χ1v) is 5.73. The van der Waals surface area contributed by atoms with Crippen LogP contribution in [0.3, 0.4) is 0 Å². The Hall–Kier alpha value is -1.64. The van der Waals surface area contributed by atoms with Gasteiger partial charge >= 0.3 is 0 Å². The molecule has 1 N–H and O–H groups in total. The van der Waals surface area contributed by atoms with Gasteiger partial charge in [-0.1, -0.05) is 37.3 Å². The van der Waals surface area contributed by atoms with Gasteiger partial charge < -0.3 is 0 Å². The van der Waals surface area contributed by atoms with Gasteiger partial charge in [0.15, 0.2) is 0 Å². The second-order valence-corrected chi connectivity index (χ2v) is 4.03. The molecule has 0 atom stereocenters. The van der Waals surface area contributed by atoms with Crippen molar-refractivity contribution in [2.75, 3.05) is 0 Å². The molecule has 84 valence electrons. The molecule has 1 amide bonds. The maximum atomic E-state index is 11.4. The van der Waals surface area contributed by atoms with E-state index in [0.717, 1.165) is 30.5 Å². The molecule has 0 aromatic heterocycles. The number of hydrogen-bond acceptors (Lipinski definition) is 2. The second kappa shape index (κ2) is 4.92. The molecule has 1 aliphatic rings. The van der Waals surface area contributed by atoms with Crippen molar-refractivity contribution in [1.29, 1.82) is 0 Å². The molecular formula is C13H16N2O. The summed E-state index contributed by atoms with van der Waals surface area (Å²) in [6, 6.07) is 9.93. The maximum Gasteiger partial charge on any atom is 0.243 e. The van der Waals surface area contributed by atoms with Gasteiger partial charge in [0, 0.05) is 5.92 Å². The Bertz CT molecular complexity index is 394. The minimum absolute atomic E-state index is 0.0573. The first-order valence-electron chi connectivity index (χ1n) is 5.73. The van der Waals surface area contributed by atoms with Gasteiger partial charge in [0.2, 0.25) is 5.91 Å². The molecule has 1 aliphatic carbocycles. The minimum Gasteiger partial charge on any atom is -0.273 e. The van der Waals surface area contributed by atoms with Crippen molar-refractivity contribution in [2.24, 2.45) is 11.0 Å². The van der Waals surface area contributed by atoms with Gasteiger partial charge in [-0.2, -0.15) is 5.10 Å². The highest BCUT2D eigenvalue weighted by Crippen LogP contribution is 2.28. The SMILES string of the molecule is CC/C(=N/NC(=O)C1CC1)c1ccccc1. The highest BCUT2D eigenvalue weighted by molar-refractivity contribution is 6.00. The third-order valence-corrected chi connectivity index (χ3v) is 2.69. The Labute approximate surface area is 95.6 Å². The second-order valence-electron chi connectivity index (χ2n) is 4.03. The summed E-state index contributed by atoms with van der Waals surface area (Å²) in [6.45, 7) is 2.04. The minimum atomic E-state index is 0.0573. The lowest BCUT2D eigenvalue weighted by Crippen LogP contribution is -2.21. The average molecular weight is 216 g/mol. The Morgan fingerprint density at radius 3 is 2.62 bits per heavy atom. The van der Waals surface area contributed by atoms with Crippen molar-refractivity contribution in [2.45, 2.75) is 26.2 Å². The van der Waals surface area contributed by atoms with Crippen LogP contribution in [0.5, 0.6) is 0 Å². The van der Waals surface area contributed by atoms with Crippen LogP contribution in [-0.4, -0.2) is 11.6 Å². The molecular weight excluding hydrogens is 200 g/mol. The monoisotopic (exact) mass is 216 g/mol. The number of benzene rings is 1. The molecule has 0 unspecified atom stereocenters. The molecule has 1 saturated carbocycles. The van der Waals surface area contributed by atoms with E-state index in [1.807, 2.05) is 37.3 Å². The van der Waals surface area contributed by atoms with E-state index in [-0.39, 0.29) is 11.8 Å². The van der Waals surface area contributed by atoms with E-state index in [2.05, 4.69) is 10.5 Å². The fourth-order valence-electron chi connectivity index (χ4n) is 1.54. The highest BCUT2D eigenvalue weighted by atomic mass is 16.2. The molecule has 0 bridgehead atoms. The summed E-state index contributed by atoms with van der Waals surface area (Å²) in [5.74, 6) is 0.263. The normalized spacial score (nSPS) is 15.9. The van der Waals surface area contributed by atoms with Crippen LogP contribution in [0.2, 0.25) is 0 Å². The number of carbonyl (C=O) groups excluding carboxylic acids is 1. The standard InChI is InChI=1S/C13H16N2O/c1-2-12(10-6-4-3-5-7-10)14-15-13(16)11-8-9-11/h3-7,11H,2,8-9H2,1H3,(H,15,16)/b14-12-. The quantitative estimate of drug-likeness (QED) is 0.609. The average Bonchev–Trinajstić information content (AvgIpc) is 3.15. The van der Waals surface area contributed by atoms with Gasteiger partial charge in [0.05, 0.1) is 5.71 Å². The Balaban J connectivity index is 2.04. The molecule has 0 spiro atoms. The summed E-state index contributed by atoms with van der Waals surface area (Å²) in [4.78, 5) is 11.4. The van der Waals surface area contributed by atoms with Crippen molar-refractivity contribution >= 4 is 11.6 Å². The third-order valence-electron chi connectivity index (χ3n) is 2.69. The van der Waals surface area contributed by atoms with Crippen LogP contribution in [0.15, 0.2) is 35.4 Å². The summed E-state index contributed by atoms with van der Waals surface area (Å²) in [6.07, 6.45) is 2.83. The predicted octanol–water partition coefficient (Wildman–Crippen LogP) is 2.33. The molecule has 0 aliphatic heterocycles. The van der Waals surface area contributed by atoms with E-state index in [9.17, 15) is 4.79 Å². The lowest BCUT2D eigenvalue weighted by Gasteiger charge is -2.04. The fourth-order valence-corrected chi connectivity index (χ4v) is 1.54. The zero-order valence-electron chi connectivity index (χ0n) is 9.44. The van der Waals surface area contributed by atoms with Gasteiger partial charge in [0.25, 0.3) is 0 Å². The first-order chi connectivity index (χ1) is 7.81. The van der Waals surface area contributed by atoms with Crippen molar-refractivity contribution in [3.05, 3.63) is 35.9 Å². The smallest absolute Gasteiger partial charge is 0.243 e. The molecule has 1 aromatic carbocycles. The van der Waals surface area contributed by atoms with E-state index < -0.39 is 0 Å². The number of rotatable bonds is 4. The molecule has 0 heterocycles. The lowest BCUT2D eigenvalue weighted by atomic mass is 10.1. The first kappa shape index (κ1) is 10.9. The number of carbonyl (C=O) groups is 1. The van der Waals surface area contributed by atoms with Crippen LogP contribution in [0.4, 0.5) is 0 Å². The van der Waals surface area contributed by atoms with E-state index >= 15 is 0 Å². The van der Waals surface area contributed by atoms with Crippen LogP contribution < -0.4 is 5.43 Å². The van der Waals surface area contributed by atoms with Gasteiger partial charge in [-0.05, 0) is 24.8 Å². The summed E-state index contributed by atoms with van der Waals surface area (Å²) in [7, 11) is 0. The summed E-state index contributed by atoms with van der Waals surface area (Å²) >= 11 is 0. The van der Waals surface area contributed by atoms with Crippen molar-refractivity contribution in [1.82, 2.24) is 5.43 Å². The Kier molecular flexibility index (Phi) is 3.34. The van der Waals surface area contributed by atoms with Crippen LogP contribution in [-0.2, 0) is 4.79 Å². The predicted molar refractivity (Wildman–Crippen MR) is 64.1 cm³/mol. The molecule has 3 nitrogen and oxygen atoms in total. The molecule has 0 saturated heterocycles. The third kappa shape index (κ3) is 2.69. The highest BCUT2D eigenvalue weighted by Gasteiger charge is 2.29. The molecule has 16 heavy (non-hydrogen) atoms. The Morgan fingerprint density at radius 2 is 2.06 bits per heavy atom. The molecule has 1 aromatic rings. The maximum absolute atomic E-state index is 11.4. The number of hydrogen-bond donors (Lipinski definition) is 1. The Morgan fingerprint density at radius 1 is 1.38 bits per heavy atom. The summed E-state index contributed by atoms with van der Waals surface area (Å²) in [5.41, 5.74) is 4.64. The number of amides is 1. The van der Waals surface area contributed by atoms with Crippen molar-refractivity contribution in [3.63, 3.8) is 0 Å². The van der Waals surface area contributed by atoms with Crippen LogP contribution in [0, 0.1) is 5.92 Å². The molecule has 2 rings (SSSR count). The van der Waals surface area contributed by atoms with E-state index in [1.54, 1.807) is 0 Å². The van der Waals surface area contributed by atoms with Crippen LogP contribution >= 0.6 is 0 Å². The zero-order valence-corrected chi connectivity index (χ0v) is 9.44. The van der Waals surface area contributed by atoms with Gasteiger partial charge in [-0.3, -0.25) is 4.79 Å². The topological polar surface area (TPSA) is 41.5 Å². The number of nitrogens with one attached hydrogen (secondary N) is 1. The van der Waals surface area contributed by atoms with E-state index in [0.29, 0.717) is 0 Å². The largest absolute Gasteiger partial charge is 0.273 e. The van der Waals surface area contributed by atoms with Gasteiger partial charge in [-0.15, -0.1) is 0 Å². The molecule has 1 fully saturated rings. The van der Waals surface area contributed by atoms with E-state index in [4.69, 9.17) is 0 Å². The lowest BCUT2D eigenvalue weighted by molar-refractivity contribution is -0.122. The molecule has 3 heteroatoms. The van der Waals surface area contributed by atoms with Gasteiger partial charge in [-0.25, -0.2) is 5.43 Å². The van der Waals surface area contributed by atoms with Crippen LogP contribution in [0.25, 0.3) is 0 Å². The molecule has 0 radical (unpaired) electrons. The van der Waals surface area contributed by atoms with Crippen molar-refractivity contribution in [3.8, 4) is 0 Å². The summed E-state index contributed by atoms with van der Waals surface area (Å²) in [5, 5.41) is 4.19. The van der Waals surface area contributed by atoms with Gasteiger partial charge in [0.1, 0.15) is 0 Å². The van der Waals surface area contributed by atoms with Crippen molar-refractivity contribution < 1.29 is 4.79 Å². The van der Waals surface area contributed by atoms with Crippen LogP contribution in [0.1, 0.15) is 31.7 Å². The zero-order chi connectivity index (χ0) is 11.4. The number of nitrogens with zero attached hydrogens (tertiary/aromatic N) is 1.